The molecule has 0 radical (unpaired) electrons. The minimum absolute atomic E-state index is 0.0422. The third-order valence-electron chi connectivity index (χ3n) is 6.39. The highest BCUT2D eigenvalue weighted by molar-refractivity contribution is 7.70. The molecule has 3 heterocycles. The first kappa shape index (κ1) is 25.5. The van der Waals surface area contributed by atoms with E-state index in [-0.39, 0.29) is 18.5 Å². The number of rotatable bonds is 8. The van der Waals surface area contributed by atoms with E-state index in [1.54, 1.807) is 16.9 Å². The number of anilines is 1. The van der Waals surface area contributed by atoms with Crippen LogP contribution in [0.3, 0.4) is 0 Å². The molecule has 1 saturated heterocycles. The molecule has 0 amide bonds. The average Bonchev–Trinajstić information content (AvgIpc) is 3.49. The van der Waals surface area contributed by atoms with Crippen LogP contribution in [0.1, 0.15) is 48.4 Å². The molecule has 194 valence electrons. The van der Waals surface area contributed by atoms with Crippen molar-refractivity contribution in [1.29, 1.82) is 0 Å². The largest absolute Gasteiger partial charge is 0.378 e. The van der Waals surface area contributed by atoms with E-state index in [0.717, 1.165) is 40.7 Å². The van der Waals surface area contributed by atoms with Crippen molar-refractivity contribution >= 4 is 31.9 Å². The Hall–Kier alpha value is -2.17. The summed E-state index contributed by atoms with van der Waals surface area (Å²) in [7, 11) is -9.14. The molecule has 1 aromatic carbocycles. The molecule has 0 spiro atoms. The third-order valence-corrected chi connectivity index (χ3v) is 9.85. The van der Waals surface area contributed by atoms with Gasteiger partial charge in [-0.25, -0.2) is 14.1 Å². The first-order chi connectivity index (χ1) is 17.0. The number of nitrogens with zero attached hydrogens (tertiary/aromatic N) is 3. The number of fused-ring (bicyclic) bond motifs is 2. The summed E-state index contributed by atoms with van der Waals surface area (Å²) in [5.41, 5.74) is 4.35. The molecule has 5 rings (SSSR count). The van der Waals surface area contributed by atoms with E-state index in [2.05, 4.69) is 15.4 Å². The molecule has 4 atom stereocenters. The highest BCUT2D eigenvalue weighted by Gasteiger charge is 2.35. The maximum Gasteiger partial charge on any atom is 0.340 e. The van der Waals surface area contributed by atoms with E-state index >= 15 is 0 Å². The van der Waals surface area contributed by atoms with Crippen molar-refractivity contribution in [3.05, 3.63) is 53.1 Å². The Balaban J connectivity index is 1.31. The molecule has 11 nitrogen and oxygen atoms in total. The summed E-state index contributed by atoms with van der Waals surface area (Å²) in [4.78, 5) is 32.2. The van der Waals surface area contributed by atoms with E-state index in [4.69, 9.17) is 19.0 Å². The van der Waals surface area contributed by atoms with Gasteiger partial charge in [0.2, 0.25) is 0 Å². The lowest BCUT2D eigenvalue weighted by atomic mass is 10.1. The van der Waals surface area contributed by atoms with Gasteiger partial charge in [-0.15, -0.1) is 0 Å². The SMILES string of the molecule is Cc1cc(N[C@@H]2CCc3cc(F)ccc32)c2cnn([C@H]3CC[C@@H](COP(=O)(O)CP(=O)(O)O)O3)c2n1. The number of nitrogens with one attached hydrogen (secondary N) is 1. The normalized spacial score (nSPS) is 23.6. The maximum absolute atomic E-state index is 13.6. The van der Waals surface area contributed by atoms with Crippen molar-refractivity contribution in [3.63, 3.8) is 0 Å². The van der Waals surface area contributed by atoms with Gasteiger partial charge in [-0.3, -0.25) is 9.13 Å². The second-order valence-corrected chi connectivity index (χ2v) is 13.2. The van der Waals surface area contributed by atoms with Crippen molar-refractivity contribution in [2.24, 2.45) is 0 Å². The van der Waals surface area contributed by atoms with Crippen LogP contribution in [0.2, 0.25) is 0 Å². The fourth-order valence-electron chi connectivity index (χ4n) is 4.86. The van der Waals surface area contributed by atoms with Crippen LogP contribution in [0.15, 0.2) is 30.5 Å². The van der Waals surface area contributed by atoms with Crippen LogP contribution in [0.4, 0.5) is 10.1 Å². The lowest BCUT2D eigenvalue weighted by molar-refractivity contribution is -0.0230. The average molecular weight is 540 g/mol. The number of pyridine rings is 1. The summed E-state index contributed by atoms with van der Waals surface area (Å²) in [5.74, 6) is -1.47. The molecular formula is C22H27FN4O7P2. The topological polar surface area (TPSA) is 156 Å². The van der Waals surface area contributed by atoms with Gasteiger partial charge < -0.3 is 29.3 Å². The smallest absolute Gasteiger partial charge is 0.340 e. The molecule has 1 aliphatic carbocycles. The quantitative estimate of drug-likeness (QED) is 0.308. The van der Waals surface area contributed by atoms with Crippen molar-refractivity contribution in [2.45, 2.75) is 51.0 Å². The van der Waals surface area contributed by atoms with Gasteiger partial charge in [0.25, 0.3) is 0 Å². The predicted molar refractivity (Wildman–Crippen MR) is 129 cm³/mol. The van der Waals surface area contributed by atoms with Crippen LogP contribution >= 0.6 is 15.2 Å². The van der Waals surface area contributed by atoms with Gasteiger partial charge in [-0.2, -0.15) is 5.10 Å². The molecule has 14 heteroatoms. The van der Waals surface area contributed by atoms with E-state index in [0.29, 0.717) is 18.5 Å². The molecule has 2 aromatic heterocycles. The summed E-state index contributed by atoms with van der Waals surface area (Å²) in [6.45, 7) is 1.61. The van der Waals surface area contributed by atoms with Crippen molar-refractivity contribution in [1.82, 2.24) is 14.8 Å². The summed E-state index contributed by atoms with van der Waals surface area (Å²) < 4.78 is 49.1. The van der Waals surface area contributed by atoms with Crippen LogP contribution in [0.5, 0.6) is 0 Å². The van der Waals surface area contributed by atoms with Gasteiger partial charge in [0.15, 0.2) is 17.8 Å². The summed E-state index contributed by atoms with van der Waals surface area (Å²) in [5, 5.41) is 8.87. The Morgan fingerprint density at radius 3 is 2.81 bits per heavy atom. The first-order valence-corrected chi connectivity index (χ1v) is 15.1. The van der Waals surface area contributed by atoms with Crippen molar-refractivity contribution < 1.29 is 37.5 Å². The van der Waals surface area contributed by atoms with Crippen LogP contribution in [-0.2, 0) is 24.8 Å². The maximum atomic E-state index is 13.6. The van der Waals surface area contributed by atoms with Crippen LogP contribution < -0.4 is 5.32 Å². The standard InChI is InChI=1S/C22H27FN4O7P2/c1-13-8-20(26-19-6-2-14-9-15(23)3-5-17(14)19)18-10-24-27(22(18)25-13)21-7-4-16(34-21)11-33-36(31,32)12-35(28,29)30/h3,5,8-10,16,19,21H,2,4,6-7,11-12H2,1H3,(H,25,26)(H,31,32)(H2,28,29,30)/t16-,19+,21+/m0/s1. The molecule has 36 heavy (non-hydrogen) atoms. The highest BCUT2D eigenvalue weighted by Crippen LogP contribution is 2.55. The molecule has 0 bridgehead atoms. The number of halogens is 1. The molecule has 1 aliphatic heterocycles. The number of aromatic nitrogens is 3. The second-order valence-electron chi connectivity index (χ2n) is 9.25. The summed E-state index contributed by atoms with van der Waals surface area (Å²) in [6, 6.07) is 6.87. The predicted octanol–water partition coefficient (Wildman–Crippen LogP) is 3.99. The van der Waals surface area contributed by atoms with Crippen molar-refractivity contribution in [3.8, 4) is 0 Å². The number of aryl methyl sites for hydroxylation is 2. The van der Waals surface area contributed by atoms with Gasteiger partial charge in [0, 0.05) is 11.4 Å². The molecule has 4 N–H and O–H groups in total. The van der Waals surface area contributed by atoms with E-state index < -0.39 is 33.4 Å². The van der Waals surface area contributed by atoms with Gasteiger partial charge >= 0.3 is 15.2 Å². The lowest BCUT2D eigenvalue weighted by Crippen LogP contribution is -2.17. The summed E-state index contributed by atoms with van der Waals surface area (Å²) in [6.07, 6.45) is 3.40. The number of hydrogen-bond acceptors (Lipinski definition) is 7. The van der Waals surface area contributed by atoms with Crippen LogP contribution in [0.25, 0.3) is 11.0 Å². The highest BCUT2D eigenvalue weighted by atomic mass is 31.2. The Morgan fingerprint density at radius 1 is 1.22 bits per heavy atom. The van der Waals surface area contributed by atoms with Crippen LogP contribution in [0, 0.1) is 12.7 Å². The Kier molecular flexibility index (Phi) is 6.80. The monoisotopic (exact) mass is 540 g/mol. The molecular weight excluding hydrogens is 513 g/mol. The zero-order valence-electron chi connectivity index (χ0n) is 19.5. The number of ether oxygens (including phenoxy) is 1. The van der Waals surface area contributed by atoms with E-state index in [9.17, 15) is 18.4 Å². The molecule has 0 saturated carbocycles. The van der Waals surface area contributed by atoms with Gasteiger partial charge in [-0.05, 0) is 61.9 Å². The van der Waals surface area contributed by atoms with Gasteiger partial charge in [-0.1, -0.05) is 6.07 Å². The van der Waals surface area contributed by atoms with E-state index in [1.165, 1.54) is 6.07 Å². The fourth-order valence-corrected chi connectivity index (χ4v) is 7.45. The third kappa shape index (κ3) is 5.55. The Bertz CT molecular complexity index is 1390. The minimum atomic E-state index is -4.69. The van der Waals surface area contributed by atoms with Crippen LogP contribution in [-0.4, -0.2) is 48.1 Å². The zero-order valence-corrected chi connectivity index (χ0v) is 21.2. The Morgan fingerprint density at radius 2 is 2.03 bits per heavy atom. The number of benzene rings is 1. The molecule has 1 fully saturated rings. The fraction of sp³-hybridized carbons (Fsp3) is 0.455. The Labute approximate surface area is 206 Å². The number of hydrogen-bond donors (Lipinski definition) is 4. The summed E-state index contributed by atoms with van der Waals surface area (Å²) >= 11 is 0. The van der Waals surface area contributed by atoms with E-state index in [1.807, 2.05) is 19.1 Å². The molecule has 3 aromatic rings. The van der Waals surface area contributed by atoms with Gasteiger partial charge in [0.1, 0.15) is 5.82 Å². The lowest BCUT2D eigenvalue weighted by Gasteiger charge is -2.18. The van der Waals surface area contributed by atoms with Crippen molar-refractivity contribution in [2.75, 3.05) is 17.8 Å². The van der Waals surface area contributed by atoms with Gasteiger partial charge in [0.05, 0.1) is 30.3 Å². The second kappa shape index (κ2) is 9.61. The molecule has 1 unspecified atom stereocenters. The minimum Gasteiger partial charge on any atom is -0.378 e. The first-order valence-electron chi connectivity index (χ1n) is 11.5. The zero-order chi connectivity index (χ0) is 25.7. The molecule has 2 aliphatic rings.